The average molecular weight is 617 g/mol. The van der Waals surface area contributed by atoms with Gasteiger partial charge in [-0.25, -0.2) is 9.59 Å². The van der Waals surface area contributed by atoms with E-state index in [2.05, 4.69) is 10.6 Å². The molecule has 14 heteroatoms. The van der Waals surface area contributed by atoms with Gasteiger partial charge in [-0.05, 0) is 74.7 Å². The molecule has 4 amide bonds. The summed E-state index contributed by atoms with van der Waals surface area (Å²) < 4.78 is 20.2. The van der Waals surface area contributed by atoms with Gasteiger partial charge in [0.05, 0.1) is 13.2 Å². The molecule has 0 aliphatic rings. The summed E-state index contributed by atoms with van der Waals surface area (Å²) in [4.78, 5) is 76.3. The predicted molar refractivity (Wildman–Crippen MR) is 158 cm³/mol. The van der Waals surface area contributed by atoms with E-state index in [-0.39, 0.29) is 51.5 Å². The van der Waals surface area contributed by atoms with E-state index in [9.17, 15) is 28.8 Å². The summed E-state index contributed by atoms with van der Waals surface area (Å²) in [6.45, 7) is 14.5. The van der Waals surface area contributed by atoms with Gasteiger partial charge in [-0.2, -0.15) is 0 Å². The van der Waals surface area contributed by atoms with E-state index in [4.69, 9.17) is 18.9 Å². The number of esters is 2. The van der Waals surface area contributed by atoms with Crippen LogP contribution < -0.4 is 10.6 Å². The van der Waals surface area contributed by atoms with Crippen LogP contribution in [-0.2, 0) is 38.1 Å². The van der Waals surface area contributed by atoms with E-state index < -0.39 is 54.3 Å². The lowest BCUT2D eigenvalue weighted by molar-refractivity contribution is -0.154. The van der Waals surface area contributed by atoms with E-state index in [1.54, 1.807) is 60.3 Å². The number of amides is 4. The fraction of sp³-hybridized carbons (Fsp3) is 0.793. The third kappa shape index (κ3) is 21.7. The molecule has 0 radical (unpaired) electrons. The lowest BCUT2D eigenvalue weighted by Gasteiger charge is -2.24. The summed E-state index contributed by atoms with van der Waals surface area (Å²) in [6, 6.07) is 0. The first-order chi connectivity index (χ1) is 20.0. The van der Waals surface area contributed by atoms with Crippen LogP contribution in [0.2, 0.25) is 0 Å². The van der Waals surface area contributed by atoms with Crippen molar-refractivity contribution in [3.05, 3.63) is 0 Å². The van der Waals surface area contributed by atoms with Crippen LogP contribution in [0.4, 0.5) is 9.59 Å². The molecule has 0 aliphatic carbocycles. The van der Waals surface area contributed by atoms with E-state index in [1.165, 1.54) is 0 Å². The first-order valence-electron chi connectivity index (χ1n) is 14.8. The van der Waals surface area contributed by atoms with Gasteiger partial charge in [-0.15, -0.1) is 0 Å². The normalized spacial score (nSPS) is 11.2. The van der Waals surface area contributed by atoms with Crippen molar-refractivity contribution >= 4 is 35.9 Å². The van der Waals surface area contributed by atoms with Crippen LogP contribution in [0, 0.1) is 0 Å². The van der Waals surface area contributed by atoms with Gasteiger partial charge in [0.1, 0.15) is 24.3 Å². The van der Waals surface area contributed by atoms with Crippen LogP contribution in [0.15, 0.2) is 0 Å². The maximum absolute atomic E-state index is 13.1. The first kappa shape index (κ1) is 39.4. The summed E-state index contributed by atoms with van der Waals surface area (Å²) in [5.74, 6) is -2.00. The lowest BCUT2D eigenvalue weighted by atomic mass is 10.2. The number of nitrogens with one attached hydrogen (secondary N) is 2. The SMILES string of the molecule is CCOC(=O)CN(CC(=O)OCC)C(=O)CCCC(=O)N(CCCNC(=O)OC(C)(C)C)CCCNC(=O)OC(C)(C)C. The van der Waals surface area contributed by atoms with Crippen molar-refractivity contribution in [1.29, 1.82) is 0 Å². The molecule has 0 bridgehead atoms. The first-order valence-corrected chi connectivity index (χ1v) is 14.8. The largest absolute Gasteiger partial charge is 0.465 e. The van der Waals surface area contributed by atoms with Crippen molar-refractivity contribution < 1.29 is 47.7 Å². The highest BCUT2D eigenvalue weighted by atomic mass is 16.6. The number of alkyl carbamates (subject to hydrolysis) is 2. The highest BCUT2D eigenvalue weighted by Gasteiger charge is 2.23. The predicted octanol–water partition coefficient (Wildman–Crippen LogP) is 2.77. The zero-order valence-corrected chi connectivity index (χ0v) is 27.2. The summed E-state index contributed by atoms with van der Waals surface area (Å²) in [5, 5.41) is 5.32. The molecule has 0 aromatic rings. The Balaban J connectivity index is 5.08. The summed E-state index contributed by atoms with van der Waals surface area (Å²) in [6.07, 6.45) is -0.0491. The lowest BCUT2D eigenvalue weighted by Crippen LogP contribution is -2.41. The van der Waals surface area contributed by atoms with E-state index in [0.717, 1.165) is 4.90 Å². The number of carbonyl (C=O) groups is 6. The zero-order chi connectivity index (χ0) is 33.1. The van der Waals surface area contributed by atoms with E-state index in [1.807, 2.05) is 0 Å². The standard InChI is InChI=1S/C29H52N4O10/c1-9-40-24(36)20-33(21-25(37)41-10-2)23(35)15-11-14-22(34)32(18-12-16-30-26(38)42-28(3,4)5)19-13-17-31-27(39)43-29(6,7)8/h9-21H2,1-8H3,(H,30,38)(H,31,39). The minimum Gasteiger partial charge on any atom is -0.465 e. The fourth-order valence-electron chi connectivity index (χ4n) is 3.57. The Labute approximate surface area is 255 Å². The molecule has 2 N–H and O–H groups in total. The second-order valence-electron chi connectivity index (χ2n) is 11.7. The molecule has 0 spiro atoms. The minimum absolute atomic E-state index is 0.0391. The Morgan fingerprint density at radius 3 is 1.30 bits per heavy atom. The smallest absolute Gasteiger partial charge is 0.407 e. The van der Waals surface area contributed by atoms with Gasteiger partial charge in [0.2, 0.25) is 11.8 Å². The second kappa shape index (κ2) is 20.3. The third-order valence-electron chi connectivity index (χ3n) is 5.28. The molecule has 0 saturated carbocycles. The summed E-state index contributed by atoms with van der Waals surface area (Å²) in [5.41, 5.74) is -1.26. The fourth-order valence-corrected chi connectivity index (χ4v) is 3.57. The average Bonchev–Trinajstić information content (AvgIpc) is 2.85. The quantitative estimate of drug-likeness (QED) is 0.133. The molecule has 0 unspecified atom stereocenters. The Bertz CT molecular complexity index is 856. The maximum Gasteiger partial charge on any atom is 0.407 e. The van der Waals surface area contributed by atoms with Gasteiger partial charge >= 0.3 is 24.1 Å². The van der Waals surface area contributed by atoms with Crippen LogP contribution in [0.1, 0.15) is 87.5 Å². The van der Waals surface area contributed by atoms with Gasteiger partial charge in [0, 0.05) is 39.0 Å². The molecular formula is C29H52N4O10. The molecule has 0 saturated heterocycles. The highest BCUT2D eigenvalue weighted by Crippen LogP contribution is 2.09. The van der Waals surface area contributed by atoms with Gasteiger partial charge < -0.3 is 39.4 Å². The summed E-state index contributed by atoms with van der Waals surface area (Å²) in [7, 11) is 0. The minimum atomic E-state index is -0.651. The second-order valence-corrected chi connectivity index (χ2v) is 11.7. The molecule has 248 valence electrons. The van der Waals surface area contributed by atoms with Crippen LogP contribution in [0.5, 0.6) is 0 Å². The third-order valence-corrected chi connectivity index (χ3v) is 5.28. The van der Waals surface area contributed by atoms with Crippen LogP contribution in [0.3, 0.4) is 0 Å². The molecule has 0 fully saturated rings. The van der Waals surface area contributed by atoms with Crippen LogP contribution in [0.25, 0.3) is 0 Å². The molecule has 0 aromatic carbocycles. The van der Waals surface area contributed by atoms with Gasteiger partial charge in [0.25, 0.3) is 0 Å². The summed E-state index contributed by atoms with van der Waals surface area (Å²) >= 11 is 0. The number of hydrogen-bond acceptors (Lipinski definition) is 10. The Morgan fingerprint density at radius 1 is 0.581 bits per heavy atom. The molecule has 0 heterocycles. The van der Waals surface area contributed by atoms with Crippen molar-refractivity contribution in [3.8, 4) is 0 Å². The molecule has 0 rings (SSSR count). The number of rotatable bonds is 18. The number of ether oxygens (including phenoxy) is 4. The number of nitrogens with zero attached hydrogens (tertiary/aromatic N) is 2. The number of hydrogen-bond donors (Lipinski definition) is 2. The molecule has 14 nitrogen and oxygen atoms in total. The van der Waals surface area contributed by atoms with Gasteiger partial charge in [-0.3, -0.25) is 19.2 Å². The molecule has 0 aliphatic heterocycles. The highest BCUT2D eigenvalue weighted by molar-refractivity contribution is 5.86. The Hall–Kier alpha value is -3.58. The maximum atomic E-state index is 13.1. The van der Waals surface area contributed by atoms with E-state index >= 15 is 0 Å². The molecular weight excluding hydrogens is 564 g/mol. The Kier molecular flexibility index (Phi) is 18.7. The monoisotopic (exact) mass is 616 g/mol. The molecule has 0 aromatic heterocycles. The van der Waals surface area contributed by atoms with Crippen LogP contribution >= 0.6 is 0 Å². The van der Waals surface area contributed by atoms with E-state index in [0.29, 0.717) is 25.9 Å². The van der Waals surface area contributed by atoms with Crippen LogP contribution in [-0.4, -0.2) is 109 Å². The van der Waals surface area contributed by atoms with Gasteiger partial charge in [-0.1, -0.05) is 0 Å². The van der Waals surface area contributed by atoms with Crippen molar-refractivity contribution in [1.82, 2.24) is 20.4 Å². The van der Waals surface area contributed by atoms with Crippen molar-refractivity contribution in [3.63, 3.8) is 0 Å². The zero-order valence-electron chi connectivity index (χ0n) is 27.2. The van der Waals surface area contributed by atoms with Crippen molar-refractivity contribution in [2.45, 2.75) is 98.7 Å². The topological polar surface area (TPSA) is 170 Å². The molecule has 43 heavy (non-hydrogen) atoms. The molecule has 0 atom stereocenters. The van der Waals surface area contributed by atoms with Crippen molar-refractivity contribution in [2.75, 3.05) is 52.5 Å². The van der Waals surface area contributed by atoms with Crippen molar-refractivity contribution in [2.24, 2.45) is 0 Å². The Morgan fingerprint density at radius 2 is 0.953 bits per heavy atom. The number of carbonyl (C=O) groups excluding carboxylic acids is 6. The van der Waals surface area contributed by atoms with Gasteiger partial charge in [0.15, 0.2) is 0 Å².